The van der Waals surface area contributed by atoms with E-state index >= 15 is 0 Å². The number of hydrogen-bond donors (Lipinski definition) is 1. The van der Waals surface area contributed by atoms with Crippen molar-refractivity contribution in [2.24, 2.45) is 0 Å². The van der Waals surface area contributed by atoms with Gasteiger partial charge in [-0.05, 0) is 13.8 Å². The second-order valence-electron chi connectivity index (χ2n) is 1.71. The van der Waals surface area contributed by atoms with Gasteiger partial charge in [0.2, 0.25) is 0 Å². The molecule has 0 aliphatic carbocycles. The largest absolute Gasteiger partial charge is 0.312 e. The molecular formula is C4H8IN. The molecule has 0 aromatic carbocycles. The Balaban J connectivity index is 3.45. The lowest BCUT2D eigenvalue weighted by Gasteiger charge is -2.03. The molecule has 0 aliphatic rings. The minimum absolute atomic E-state index is 0.0533. The lowest BCUT2D eigenvalue weighted by Crippen LogP contribution is -2.08. The summed E-state index contributed by atoms with van der Waals surface area (Å²) in [5, 5.41) is 6.72. The maximum absolute atomic E-state index is 6.72. The number of hydrogen-bond acceptors (Lipinski definition) is 1. The first-order valence-corrected chi connectivity index (χ1v) is 2.85. The number of alkyl halides is 1. The Hall–Kier alpha value is 0.400. The van der Waals surface area contributed by atoms with Crippen LogP contribution >= 0.6 is 22.6 Å². The van der Waals surface area contributed by atoms with Crippen LogP contribution in [0.2, 0.25) is 0 Å². The van der Waals surface area contributed by atoms with Gasteiger partial charge in [0.15, 0.2) is 0 Å². The predicted molar refractivity (Wildman–Crippen MR) is 36.9 cm³/mol. The van der Waals surface area contributed by atoms with Crippen LogP contribution in [-0.2, 0) is 0 Å². The van der Waals surface area contributed by atoms with E-state index in [1.54, 1.807) is 0 Å². The molecule has 0 atom stereocenters. The fourth-order valence-corrected chi connectivity index (χ4v) is 0. The normalized spacial score (nSPS) is 11.2. The molecule has 0 heterocycles. The molecule has 0 aromatic heterocycles. The Morgan fingerprint density at radius 1 is 1.67 bits per heavy atom. The quantitative estimate of drug-likeness (QED) is 0.376. The monoisotopic (exact) mass is 197 g/mol. The van der Waals surface area contributed by atoms with Gasteiger partial charge in [0.05, 0.1) is 3.42 Å². The average Bonchev–Trinajstić information content (AvgIpc) is 1.35. The van der Waals surface area contributed by atoms with Crippen LogP contribution in [0.15, 0.2) is 0 Å². The van der Waals surface area contributed by atoms with Crippen LogP contribution in [0, 0.1) is 5.41 Å². The van der Waals surface area contributed by atoms with Crippen molar-refractivity contribution in [3.63, 3.8) is 0 Å². The maximum atomic E-state index is 6.72. The molecule has 1 N–H and O–H groups in total. The van der Waals surface area contributed by atoms with Crippen LogP contribution in [0.4, 0.5) is 0 Å². The zero-order valence-corrected chi connectivity index (χ0v) is 6.11. The summed E-state index contributed by atoms with van der Waals surface area (Å²) >= 11 is 2.20. The van der Waals surface area contributed by atoms with Crippen LogP contribution in [-0.4, -0.2) is 9.64 Å². The van der Waals surface area contributed by atoms with E-state index in [0.717, 1.165) is 0 Å². The van der Waals surface area contributed by atoms with Crippen molar-refractivity contribution in [1.29, 1.82) is 5.41 Å². The van der Waals surface area contributed by atoms with Crippen molar-refractivity contribution in [1.82, 2.24) is 0 Å². The van der Waals surface area contributed by atoms with E-state index in [1.165, 1.54) is 6.21 Å². The Kier molecular flexibility index (Phi) is 2.04. The van der Waals surface area contributed by atoms with Crippen molar-refractivity contribution in [3.05, 3.63) is 0 Å². The van der Waals surface area contributed by atoms with E-state index in [0.29, 0.717) is 0 Å². The van der Waals surface area contributed by atoms with Gasteiger partial charge in [0.1, 0.15) is 0 Å². The fourth-order valence-electron chi connectivity index (χ4n) is 0. The van der Waals surface area contributed by atoms with Gasteiger partial charge in [-0.25, -0.2) is 0 Å². The zero-order valence-electron chi connectivity index (χ0n) is 3.96. The molecule has 0 aromatic rings. The number of rotatable bonds is 1. The molecule has 0 saturated carbocycles. The third-order valence-electron chi connectivity index (χ3n) is 0.343. The minimum Gasteiger partial charge on any atom is -0.312 e. The summed E-state index contributed by atoms with van der Waals surface area (Å²) in [5.74, 6) is 0. The second-order valence-corrected chi connectivity index (χ2v) is 4.49. The Morgan fingerprint density at radius 3 is 1.83 bits per heavy atom. The molecular weight excluding hydrogens is 189 g/mol. The first-order chi connectivity index (χ1) is 2.56. The SMILES string of the molecule is CC(C)(I)C=N. The third-order valence-corrected chi connectivity index (χ3v) is 0.655. The smallest absolute Gasteiger partial charge is 0.0510 e. The van der Waals surface area contributed by atoms with Crippen molar-refractivity contribution < 1.29 is 0 Å². The Labute approximate surface area is 51.8 Å². The molecule has 0 rings (SSSR count). The third kappa shape index (κ3) is 4.40. The van der Waals surface area contributed by atoms with Gasteiger partial charge in [0.25, 0.3) is 0 Å². The summed E-state index contributed by atoms with van der Waals surface area (Å²) in [7, 11) is 0. The van der Waals surface area contributed by atoms with E-state index < -0.39 is 0 Å². The summed E-state index contributed by atoms with van der Waals surface area (Å²) in [4.78, 5) is 0. The molecule has 0 saturated heterocycles. The maximum Gasteiger partial charge on any atom is 0.0510 e. The summed E-state index contributed by atoms with van der Waals surface area (Å²) in [6.45, 7) is 3.97. The summed E-state index contributed by atoms with van der Waals surface area (Å²) in [5.41, 5.74) is 0. The minimum atomic E-state index is 0.0533. The van der Waals surface area contributed by atoms with E-state index in [1.807, 2.05) is 13.8 Å². The van der Waals surface area contributed by atoms with Gasteiger partial charge < -0.3 is 5.41 Å². The highest BCUT2D eigenvalue weighted by molar-refractivity contribution is 14.1. The zero-order chi connectivity index (χ0) is 5.21. The van der Waals surface area contributed by atoms with Gasteiger partial charge in [0, 0.05) is 6.21 Å². The summed E-state index contributed by atoms with van der Waals surface area (Å²) in [6, 6.07) is 0. The second kappa shape index (κ2) is 1.91. The highest BCUT2D eigenvalue weighted by Crippen LogP contribution is 2.11. The van der Waals surface area contributed by atoms with E-state index in [-0.39, 0.29) is 3.42 Å². The molecule has 0 spiro atoms. The van der Waals surface area contributed by atoms with Crippen molar-refractivity contribution in [3.8, 4) is 0 Å². The highest BCUT2D eigenvalue weighted by Gasteiger charge is 2.04. The summed E-state index contributed by atoms with van der Waals surface area (Å²) < 4.78 is 0.0533. The fraction of sp³-hybridized carbons (Fsp3) is 0.750. The van der Waals surface area contributed by atoms with Crippen LogP contribution in [0.1, 0.15) is 13.8 Å². The molecule has 0 amide bonds. The van der Waals surface area contributed by atoms with Crippen molar-refractivity contribution in [2.45, 2.75) is 17.3 Å². The molecule has 1 nitrogen and oxygen atoms in total. The molecule has 0 fully saturated rings. The number of nitrogens with one attached hydrogen (secondary N) is 1. The topological polar surface area (TPSA) is 23.9 Å². The van der Waals surface area contributed by atoms with E-state index in [4.69, 9.17) is 5.41 Å². The van der Waals surface area contributed by atoms with Gasteiger partial charge >= 0.3 is 0 Å². The molecule has 0 unspecified atom stereocenters. The molecule has 0 bridgehead atoms. The van der Waals surface area contributed by atoms with Crippen LogP contribution in [0.3, 0.4) is 0 Å². The van der Waals surface area contributed by atoms with Crippen molar-refractivity contribution >= 4 is 28.8 Å². The van der Waals surface area contributed by atoms with Gasteiger partial charge in [-0.3, -0.25) is 0 Å². The average molecular weight is 197 g/mol. The molecule has 0 aliphatic heterocycles. The van der Waals surface area contributed by atoms with Gasteiger partial charge in [-0.15, -0.1) is 0 Å². The molecule has 0 radical (unpaired) electrons. The Bertz CT molecular complexity index is 53.1. The van der Waals surface area contributed by atoms with E-state index in [9.17, 15) is 0 Å². The number of halogens is 1. The van der Waals surface area contributed by atoms with Gasteiger partial charge in [-0.2, -0.15) is 0 Å². The molecule has 2 heteroatoms. The van der Waals surface area contributed by atoms with Crippen LogP contribution in [0.25, 0.3) is 0 Å². The predicted octanol–water partition coefficient (Wildman–Crippen LogP) is 1.85. The van der Waals surface area contributed by atoms with Crippen LogP contribution < -0.4 is 0 Å². The highest BCUT2D eigenvalue weighted by atomic mass is 127. The lowest BCUT2D eigenvalue weighted by atomic mass is 10.3. The lowest BCUT2D eigenvalue weighted by molar-refractivity contribution is 1.01. The van der Waals surface area contributed by atoms with E-state index in [2.05, 4.69) is 22.6 Å². The summed E-state index contributed by atoms with van der Waals surface area (Å²) in [6.07, 6.45) is 1.42. The van der Waals surface area contributed by atoms with Gasteiger partial charge in [-0.1, -0.05) is 22.6 Å². The van der Waals surface area contributed by atoms with Crippen molar-refractivity contribution in [2.75, 3.05) is 0 Å². The molecule has 36 valence electrons. The first-order valence-electron chi connectivity index (χ1n) is 1.77. The molecule has 6 heavy (non-hydrogen) atoms. The van der Waals surface area contributed by atoms with Crippen LogP contribution in [0.5, 0.6) is 0 Å². The first kappa shape index (κ1) is 6.40. The standard InChI is InChI=1S/C4H8IN/c1-4(2,5)3-6/h3,6H,1-2H3. The Morgan fingerprint density at radius 2 is 1.83 bits per heavy atom.